The fraction of sp³-hybridized carbons (Fsp3) is 0.472. The number of nitrogens with zero attached hydrogens (tertiary/aromatic N) is 2. The SMILES string of the molecule is COc1cc(O)c2c3c1O[C@H]1[C@H](N(CC(C)C)C(=O)/C=C/c4ccoc4)CC[C@H]4[C@@H](C2)N(CCc2ccccc2)CC[C@@]341. The molecule has 2 aromatic carbocycles. The molecule has 2 aliphatic carbocycles. The third-order valence-corrected chi connectivity index (χ3v) is 10.4. The van der Waals surface area contributed by atoms with Crippen molar-refractivity contribution in [2.45, 2.75) is 69.6 Å². The Bertz CT molecular complexity index is 1500. The molecule has 7 heteroatoms. The third kappa shape index (κ3) is 4.64. The summed E-state index contributed by atoms with van der Waals surface area (Å²) in [6.07, 6.45) is 11.2. The molecular weight excluding hydrogens is 540 g/mol. The van der Waals surface area contributed by atoms with Crippen molar-refractivity contribution in [1.29, 1.82) is 0 Å². The highest BCUT2D eigenvalue weighted by Crippen LogP contribution is 2.65. The predicted molar refractivity (Wildman–Crippen MR) is 165 cm³/mol. The van der Waals surface area contributed by atoms with E-state index in [9.17, 15) is 9.90 Å². The average Bonchev–Trinajstić information content (AvgIpc) is 3.65. The van der Waals surface area contributed by atoms with E-state index < -0.39 is 0 Å². The molecule has 0 radical (unpaired) electrons. The number of piperidine rings is 1. The lowest BCUT2D eigenvalue weighted by atomic mass is 9.50. The lowest BCUT2D eigenvalue weighted by Gasteiger charge is -2.60. The Kier molecular flexibility index (Phi) is 7.24. The molecule has 3 heterocycles. The van der Waals surface area contributed by atoms with Gasteiger partial charge in [-0.1, -0.05) is 44.2 Å². The Morgan fingerprint density at radius 3 is 2.81 bits per heavy atom. The number of phenolic OH excluding ortho intramolecular Hbond substituents is 1. The van der Waals surface area contributed by atoms with Crippen molar-refractivity contribution in [3.05, 3.63) is 83.3 Å². The lowest BCUT2D eigenvalue weighted by Crippen LogP contribution is -2.69. The molecule has 1 spiro atoms. The summed E-state index contributed by atoms with van der Waals surface area (Å²) < 4.78 is 18.0. The van der Waals surface area contributed by atoms with Gasteiger partial charge in [0.1, 0.15) is 11.9 Å². The number of hydrogen-bond acceptors (Lipinski definition) is 6. The number of benzene rings is 2. The molecule has 2 aliphatic heterocycles. The molecule has 1 aromatic heterocycles. The number of ether oxygens (including phenoxy) is 2. The number of rotatable bonds is 9. The third-order valence-electron chi connectivity index (χ3n) is 10.4. The monoisotopic (exact) mass is 582 g/mol. The molecule has 7 rings (SSSR count). The molecule has 2 bridgehead atoms. The normalized spacial score (nSPS) is 27.3. The van der Waals surface area contributed by atoms with Gasteiger partial charge in [0.2, 0.25) is 5.91 Å². The number of furan rings is 1. The molecule has 43 heavy (non-hydrogen) atoms. The summed E-state index contributed by atoms with van der Waals surface area (Å²) in [5.41, 5.74) is 4.11. The Hall–Kier alpha value is -3.71. The van der Waals surface area contributed by atoms with Crippen LogP contribution in [0.5, 0.6) is 17.2 Å². The zero-order chi connectivity index (χ0) is 29.7. The fourth-order valence-electron chi connectivity index (χ4n) is 8.73. The van der Waals surface area contributed by atoms with Gasteiger partial charge >= 0.3 is 0 Å². The maximum atomic E-state index is 13.9. The van der Waals surface area contributed by atoms with Gasteiger partial charge in [-0.05, 0) is 68.2 Å². The van der Waals surface area contributed by atoms with Crippen LogP contribution < -0.4 is 9.47 Å². The number of aromatic hydroxyl groups is 1. The minimum Gasteiger partial charge on any atom is -0.508 e. The van der Waals surface area contributed by atoms with Gasteiger partial charge < -0.3 is 23.9 Å². The van der Waals surface area contributed by atoms with Crippen LogP contribution in [0.1, 0.15) is 55.4 Å². The van der Waals surface area contributed by atoms with Crippen molar-refractivity contribution < 1.29 is 23.8 Å². The van der Waals surface area contributed by atoms with Gasteiger partial charge in [0, 0.05) is 53.4 Å². The molecule has 1 N–H and O–H groups in total. The van der Waals surface area contributed by atoms with Crippen LogP contribution in [0.25, 0.3) is 6.08 Å². The number of carbonyl (C=O) groups excluding carboxylic acids is 1. The number of phenols is 1. The van der Waals surface area contributed by atoms with Crippen LogP contribution in [-0.2, 0) is 23.1 Å². The lowest BCUT2D eigenvalue weighted by molar-refractivity contribution is -0.138. The van der Waals surface area contributed by atoms with Crippen molar-refractivity contribution in [1.82, 2.24) is 9.80 Å². The van der Waals surface area contributed by atoms with E-state index in [1.165, 1.54) is 5.56 Å². The quantitative estimate of drug-likeness (QED) is 0.320. The van der Waals surface area contributed by atoms with Gasteiger partial charge in [-0.2, -0.15) is 0 Å². The standard InChI is InChI=1S/C36H42N2O5/c1-23(2)21-38(32(40)12-9-25-14-18-42-22-25)28-11-10-27-29-19-26-30(39)20-31(41-3)34-33(26)36(27,35(28)43-34)15-17-37(29)16-13-24-7-5-4-6-8-24/h4-9,12,14,18,20,22-23,27-29,35,39H,10-11,13,15-17,19,21H2,1-3H3/b12-9+/t27-,28+,29+,35-,36-/m0/s1. The minimum atomic E-state index is -0.268. The number of likely N-dealkylation sites (tertiary alicyclic amines) is 1. The van der Waals surface area contributed by atoms with Crippen LogP contribution in [0.2, 0.25) is 0 Å². The smallest absolute Gasteiger partial charge is 0.246 e. The topological polar surface area (TPSA) is 75.4 Å². The second-order valence-corrected chi connectivity index (χ2v) is 13.2. The molecule has 2 fully saturated rings. The van der Waals surface area contributed by atoms with Crippen molar-refractivity contribution >= 4 is 12.0 Å². The molecule has 4 aliphatic rings. The highest BCUT2D eigenvalue weighted by molar-refractivity contribution is 5.92. The Morgan fingerprint density at radius 2 is 2.07 bits per heavy atom. The van der Waals surface area contributed by atoms with Crippen LogP contribution >= 0.6 is 0 Å². The number of amides is 1. The van der Waals surface area contributed by atoms with Gasteiger partial charge in [-0.25, -0.2) is 0 Å². The van der Waals surface area contributed by atoms with E-state index in [4.69, 9.17) is 13.9 Å². The van der Waals surface area contributed by atoms with Crippen LogP contribution in [-0.4, -0.2) is 65.7 Å². The molecule has 1 amide bonds. The summed E-state index contributed by atoms with van der Waals surface area (Å²) in [7, 11) is 1.64. The van der Waals surface area contributed by atoms with Crippen molar-refractivity contribution in [2.75, 3.05) is 26.7 Å². The number of carbonyl (C=O) groups is 1. The van der Waals surface area contributed by atoms with E-state index >= 15 is 0 Å². The van der Waals surface area contributed by atoms with E-state index in [-0.39, 0.29) is 23.5 Å². The van der Waals surface area contributed by atoms with Crippen LogP contribution in [0.4, 0.5) is 0 Å². The first-order valence-corrected chi connectivity index (χ1v) is 15.8. The van der Waals surface area contributed by atoms with Gasteiger partial charge in [-0.3, -0.25) is 9.69 Å². The highest BCUT2D eigenvalue weighted by atomic mass is 16.5. The Morgan fingerprint density at radius 1 is 1.23 bits per heavy atom. The molecule has 1 saturated heterocycles. The average molecular weight is 583 g/mol. The second-order valence-electron chi connectivity index (χ2n) is 13.2. The van der Waals surface area contributed by atoms with Gasteiger partial charge in [-0.15, -0.1) is 0 Å². The highest BCUT2D eigenvalue weighted by Gasteiger charge is 2.67. The van der Waals surface area contributed by atoms with Gasteiger partial charge in [0.25, 0.3) is 0 Å². The Balaban J connectivity index is 1.26. The van der Waals surface area contributed by atoms with E-state index in [2.05, 4.69) is 54.0 Å². The molecule has 0 unspecified atom stereocenters. The molecule has 3 aromatic rings. The maximum Gasteiger partial charge on any atom is 0.246 e. The van der Waals surface area contributed by atoms with E-state index in [1.54, 1.807) is 31.8 Å². The van der Waals surface area contributed by atoms with Gasteiger partial charge in [0.05, 0.1) is 25.7 Å². The summed E-state index contributed by atoms with van der Waals surface area (Å²) in [5.74, 6) is 2.35. The summed E-state index contributed by atoms with van der Waals surface area (Å²) in [6, 6.07) is 14.5. The van der Waals surface area contributed by atoms with E-state index in [1.807, 2.05) is 12.1 Å². The first-order valence-electron chi connectivity index (χ1n) is 15.8. The zero-order valence-electron chi connectivity index (χ0n) is 25.4. The summed E-state index contributed by atoms with van der Waals surface area (Å²) >= 11 is 0. The first-order chi connectivity index (χ1) is 20.9. The molecule has 5 atom stereocenters. The summed E-state index contributed by atoms with van der Waals surface area (Å²) in [4.78, 5) is 18.6. The van der Waals surface area contributed by atoms with Crippen LogP contribution in [0.15, 0.2) is 65.5 Å². The summed E-state index contributed by atoms with van der Waals surface area (Å²) in [6.45, 7) is 6.94. The van der Waals surface area contributed by atoms with Gasteiger partial charge in [0.15, 0.2) is 11.5 Å². The van der Waals surface area contributed by atoms with Crippen LogP contribution in [0.3, 0.4) is 0 Å². The van der Waals surface area contributed by atoms with E-state index in [0.29, 0.717) is 35.9 Å². The zero-order valence-corrected chi connectivity index (χ0v) is 25.4. The largest absolute Gasteiger partial charge is 0.508 e. The van der Waals surface area contributed by atoms with Crippen molar-refractivity contribution in [3.8, 4) is 17.2 Å². The molecule has 7 nitrogen and oxygen atoms in total. The molecule has 1 saturated carbocycles. The first kappa shape index (κ1) is 28.1. The van der Waals surface area contributed by atoms with Crippen molar-refractivity contribution in [3.63, 3.8) is 0 Å². The number of methoxy groups -OCH3 is 1. The number of hydrogen-bond donors (Lipinski definition) is 1. The fourth-order valence-corrected chi connectivity index (χ4v) is 8.73. The summed E-state index contributed by atoms with van der Waals surface area (Å²) in [5, 5.41) is 11.4. The maximum absolute atomic E-state index is 13.9. The molecule has 226 valence electrons. The molecular formula is C36H42N2O5. The Labute approximate surface area is 254 Å². The van der Waals surface area contributed by atoms with Crippen molar-refractivity contribution in [2.24, 2.45) is 11.8 Å². The van der Waals surface area contributed by atoms with E-state index in [0.717, 1.165) is 67.6 Å². The minimum absolute atomic E-state index is 0.00278. The van der Waals surface area contributed by atoms with Crippen LogP contribution in [0, 0.1) is 11.8 Å². The second kappa shape index (κ2) is 11.1. The predicted octanol–water partition coefficient (Wildman–Crippen LogP) is 5.84.